The van der Waals surface area contributed by atoms with E-state index in [9.17, 15) is 4.79 Å². The van der Waals surface area contributed by atoms with Crippen molar-refractivity contribution in [2.75, 3.05) is 6.61 Å². The molecule has 33 heavy (non-hydrogen) atoms. The number of H-pyrrole nitrogens is 1. The Kier molecular flexibility index (Phi) is 5.65. The lowest BCUT2D eigenvalue weighted by atomic mass is 9.98. The molecule has 3 aromatic carbocycles. The van der Waals surface area contributed by atoms with E-state index in [1.165, 1.54) is 21.9 Å². The van der Waals surface area contributed by atoms with Gasteiger partial charge in [0.25, 0.3) is 5.91 Å². The third-order valence-corrected chi connectivity index (χ3v) is 6.10. The van der Waals surface area contributed by atoms with Crippen molar-refractivity contribution >= 4 is 22.4 Å². The number of nitrogens with zero attached hydrogens (tertiary/aromatic N) is 2. The zero-order valence-corrected chi connectivity index (χ0v) is 18.8. The van der Waals surface area contributed by atoms with Gasteiger partial charge in [0.2, 0.25) is 0 Å². The first-order chi connectivity index (χ1) is 16.2. The maximum absolute atomic E-state index is 12.8. The molecular weight excluding hydrogens is 412 g/mol. The van der Waals surface area contributed by atoms with Crippen molar-refractivity contribution in [2.45, 2.75) is 33.1 Å². The smallest absolute Gasteiger partial charge is 0.289 e. The molecule has 6 nitrogen and oxygen atoms in total. The number of aromatic nitrogens is 2. The predicted octanol–water partition coefficient (Wildman–Crippen LogP) is 5.27. The van der Waals surface area contributed by atoms with Crippen LogP contribution >= 0.6 is 0 Å². The van der Waals surface area contributed by atoms with Gasteiger partial charge in [-0.1, -0.05) is 37.3 Å². The first-order valence-electron chi connectivity index (χ1n) is 11.4. The van der Waals surface area contributed by atoms with E-state index in [4.69, 9.17) is 4.74 Å². The summed E-state index contributed by atoms with van der Waals surface area (Å²) in [6.07, 6.45) is 2.84. The van der Waals surface area contributed by atoms with Crippen molar-refractivity contribution in [1.82, 2.24) is 15.6 Å². The van der Waals surface area contributed by atoms with E-state index in [0.717, 1.165) is 41.1 Å². The van der Waals surface area contributed by atoms with Crippen LogP contribution in [0.2, 0.25) is 0 Å². The zero-order chi connectivity index (χ0) is 22.8. The van der Waals surface area contributed by atoms with Crippen molar-refractivity contribution in [3.8, 4) is 17.0 Å². The van der Waals surface area contributed by atoms with Gasteiger partial charge in [-0.2, -0.15) is 10.2 Å². The summed E-state index contributed by atoms with van der Waals surface area (Å²) in [5.41, 5.74) is 9.32. The summed E-state index contributed by atoms with van der Waals surface area (Å²) in [5.74, 6) is 0.491. The van der Waals surface area contributed by atoms with Crippen molar-refractivity contribution in [3.63, 3.8) is 0 Å². The normalized spacial score (nSPS) is 12.8. The van der Waals surface area contributed by atoms with Gasteiger partial charge in [-0.15, -0.1) is 0 Å². The number of carbonyl (C=O) groups is 1. The van der Waals surface area contributed by atoms with Crippen molar-refractivity contribution in [3.05, 3.63) is 83.0 Å². The number of ether oxygens (including phenoxy) is 1. The number of amides is 1. The number of benzene rings is 3. The molecule has 0 atom stereocenters. The highest BCUT2D eigenvalue weighted by Gasteiger charge is 2.18. The van der Waals surface area contributed by atoms with E-state index in [1.807, 2.05) is 38.1 Å². The standard InChI is InChI=1S/C27H26N4O2/c1-3-23(17-10-13-20(14-11-17)33-4-2)28-31-27(32)25-16-24(29-30-25)21-15-12-19-9-8-18-6-5-7-22(21)26(18)19/h5-7,10-16H,3-4,8-9H2,1-2H3,(H,29,30)(H,31,32)/b28-23-. The summed E-state index contributed by atoms with van der Waals surface area (Å²) in [5, 5.41) is 14.2. The van der Waals surface area contributed by atoms with E-state index in [2.05, 4.69) is 51.1 Å². The summed E-state index contributed by atoms with van der Waals surface area (Å²) < 4.78 is 5.49. The molecule has 0 unspecified atom stereocenters. The van der Waals surface area contributed by atoms with Crippen LogP contribution in [0.3, 0.4) is 0 Å². The second-order valence-corrected chi connectivity index (χ2v) is 8.09. The zero-order valence-electron chi connectivity index (χ0n) is 18.8. The molecule has 1 aliphatic carbocycles. The SMILES string of the molecule is CCOc1ccc(/C(CC)=N\NC(=O)c2cc(-c3ccc4c5c(cccc35)CC4)n[nH]2)cc1. The van der Waals surface area contributed by atoms with Gasteiger partial charge in [-0.25, -0.2) is 5.43 Å². The molecule has 0 radical (unpaired) electrons. The van der Waals surface area contributed by atoms with E-state index in [1.54, 1.807) is 6.07 Å². The fourth-order valence-electron chi connectivity index (χ4n) is 4.48. The van der Waals surface area contributed by atoms with Gasteiger partial charge < -0.3 is 4.74 Å². The van der Waals surface area contributed by atoms with Gasteiger partial charge in [-0.3, -0.25) is 9.89 Å². The second kappa shape index (κ2) is 8.90. The Morgan fingerprint density at radius 1 is 1.06 bits per heavy atom. The molecule has 0 aliphatic heterocycles. The molecule has 6 heteroatoms. The number of aromatic amines is 1. The Morgan fingerprint density at radius 3 is 2.61 bits per heavy atom. The average molecular weight is 439 g/mol. The van der Waals surface area contributed by atoms with Crippen molar-refractivity contribution in [2.24, 2.45) is 5.10 Å². The molecule has 4 aromatic rings. The Balaban J connectivity index is 1.36. The summed E-state index contributed by atoms with van der Waals surface area (Å²) in [7, 11) is 0. The largest absolute Gasteiger partial charge is 0.494 e. The topological polar surface area (TPSA) is 79.4 Å². The van der Waals surface area contributed by atoms with Crippen LogP contribution in [0.25, 0.3) is 22.0 Å². The average Bonchev–Trinajstić information content (AvgIpc) is 3.50. The highest BCUT2D eigenvalue weighted by molar-refractivity contribution is 6.03. The fourth-order valence-corrected chi connectivity index (χ4v) is 4.48. The Bertz CT molecular complexity index is 1340. The minimum atomic E-state index is -0.323. The minimum absolute atomic E-state index is 0.323. The van der Waals surface area contributed by atoms with Crippen LogP contribution in [-0.2, 0) is 12.8 Å². The lowest BCUT2D eigenvalue weighted by molar-refractivity contribution is 0.0950. The molecule has 1 amide bonds. The van der Waals surface area contributed by atoms with E-state index in [0.29, 0.717) is 18.7 Å². The maximum atomic E-state index is 12.8. The first-order valence-corrected chi connectivity index (χ1v) is 11.4. The molecule has 0 fully saturated rings. The van der Waals surface area contributed by atoms with E-state index >= 15 is 0 Å². The Hall–Kier alpha value is -3.93. The molecule has 1 aromatic heterocycles. The summed E-state index contributed by atoms with van der Waals surface area (Å²) in [6.45, 7) is 4.58. The van der Waals surface area contributed by atoms with Gasteiger partial charge in [0.1, 0.15) is 11.4 Å². The minimum Gasteiger partial charge on any atom is -0.494 e. The van der Waals surface area contributed by atoms with Gasteiger partial charge in [-0.05, 0) is 84.0 Å². The molecule has 2 N–H and O–H groups in total. The van der Waals surface area contributed by atoms with Crippen molar-refractivity contribution in [1.29, 1.82) is 0 Å². The third-order valence-electron chi connectivity index (χ3n) is 6.10. The van der Waals surface area contributed by atoms with Crippen LogP contribution in [0, 0.1) is 0 Å². The maximum Gasteiger partial charge on any atom is 0.289 e. The van der Waals surface area contributed by atoms with E-state index < -0.39 is 0 Å². The number of hydrogen-bond acceptors (Lipinski definition) is 4. The highest BCUT2D eigenvalue weighted by Crippen LogP contribution is 2.36. The summed E-state index contributed by atoms with van der Waals surface area (Å²) in [6, 6.07) is 20.2. The monoisotopic (exact) mass is 438 g/mol. The molecule has 0 saturated carbocycles. The lowest BCUT2D eigenvalue weighted by Gasteiger charge is -2.07. The molecular formula is C27H26N4O2. The highest BCUT2D eigenvalue weighted by atomic mass is 16.5. The van der Waals surface area contributed by atoms with Gasteiger partial charge in [0.05, 0.1) is 18.0 Å². The first kappa shape index (κ1) is 20.9. The fraction of sp³-hybridized carbons (Fsp3) is 0.222. The molecule has 0 bridgehead atoms. The molecule has 0 spiro atoms. The number of nitrogens with one attached hydrogen (secondary N) is 2. The van der Waals surface area contributed by atoms with E-state index in [-0.39, 0.29) is 5.91 Å². The Morgan fingerprint density at radius 2 is 1.85 bits per heavy atom. The molecule has 1 heterocycles. The number of rotatable bonds is 7. The molecule has 166 valence electrons. The lowest BCUT2D eigenvalue weighted by Crippen LogP contribution is -2.20. The third kappa shape index (κ3) is 4.00. The number of aryl methyl sites for hydroxylation is 2. The number of hydrogen-bond donors (Lipinski definition) is 2. The van der Waals surface area contributed by atoms with Crippen LogP contribution in [-0.4, -0.2) is 28.4 Å². The molecule has 1 aliphatic rings. The van der Waals surface area contributed by atoms with Gasteiger partial charge in [0.15, 0.2) is 0 Å². The summed E-state index contributed by atoms with van der Waals surface area (Å²) in [4.78, 5) is 12.8. The second-order valence-electron chi connectivity index (χ2n) is 8.09. The number of hydrazone groups is 1. The molecule has 0 saturated heterocycles. The molecule has 5 rings (SSSR count). The van der Waals surface area contributed by atoms with Crippen LogP contribution in [0.1, 0.15) is 47.4 Å². The van der Waals surface area contributed by atoms with Gasteiger partial charge >= 0.3 is 0 Å². The summed E-state index contributed by atoms with van der Waals surface area (Å²) >= 11 is 0. The van der Waals surface area contributed by atoms with Crippen LogP contribution in [0.4, 0.5) is 0 Å². The number of carbonyl (C=O) groups excluding carboxylic acids is 1. The van der Waals surface area contributed by atoms with Crippen molar-refractivity contribution < 1.29 is 9.53 Å². The van der Waals surface area contributed by atoms with Gasteiger partial charge in [0, 0.05) is 5.56 Å². The van der Waals surface area contributed by atoms with Crippen LogP contribution in [0.5, 0.6) is 5.75 Å². The quantitative estimate of drug-likeness (QED) is 0.305. The van der Waals surface area contributed by atoms with Crippen LogP contribution < -0.4 is 10.2 Å². The Labute approximate surface area is 192 Å². The van der Waals surface area contributed by atoms with Crippen LogP contribution in [0.15, 0.2) is 65.8 Å². The predicted molar refractivity (Wildman–Crippen MR) is 131 cm³/mol.